The fourth-order valence-electron chi connectivity index (χ4n) is 5.34. The summed E-state index contributed by atoms with van der Waals surface area (Å²) in [4.78, 5) is 24.5. The first kappa shape index (κ1) is 18.6. The third-order valence-electron chi connectivity index (χ3n) is 6.88. The number of fused-ring (bicyclic) bond motifs is 2. The van der Waals surface area contributed by atoms with Gasteiger partial charge in [0.25, 0.3) is 0 Å². The Labute approximate surface area is 177 Å². The smallest absolute Gasteiger partial charge is 0.245 e. The molecule has 2 aromatic heterocycles. The zero-order valence-electron chi connectivity index (χ0n) is 16.8. The molecular weight excluding hydrogens is 404 g/mol. The van der Waals surface area contributed by atoms with Gasteiger partial charge < -0.3 is 4.90 Å². The molecule has 1 spiro atoms. The molecule has 0 unspecified atom stereocenters. The van der Waals surface area contributed by atoms with E-state index in [0.29, 0.717) is 56.7 Å². The van der Waals surface area contributed by atoms with E-state index in [0.717, 1.165) is 11.9 Å². The molecule has 3 aliphatic heterocycles. The zero-order valence-corrected chi connectivity index (χ0v) is 16.8. The van der Waals surface area contributed by atoms with Gasteiger partial charge >= 0.3 is 0 Å². The molecule has 3 aromatic rings. The first-order valence-electron chi connectivity index (χ1n) is 10.5. The lowest BCUT2D eigenvalue weighted by Gasteiger charge is -2.38. The number of rotatable bonds is 2. The van der Waals surface area contributed by atoms with Gasteiger partial charge in [-0.25, -0.2) is 28.3 Å². The first-order valence-corrected chi connectivity index (χ1v) is 10.5. The van der Waals surface area contributed by atoms with Crippen molar-refractivity contribution in [1.29, 1.82) is 0 Å². The van der Waals surface area contributed by atoms with E-state index in [1.165, 1.54) is 18.5 Å². The fraction of sp³-hybridized carbons (Fsp3) is 0.429. The summed E-state index contributed by atoms with van der Waals surface area (Å²) < 4.78 is 29.3. The Morgan fingerprint density at radius 2 is 1.81 bits per heavy atom. The number of halogens is 2. The van der Waals surface area contributed by atoms with Gasteiger partial charge in [0.05, 0.1) is 11.5 Å². The van der Waals surface area contributed by atoms with Gasteiger partial charge in [0.1, 0.15) is 18.0 Å². The van der Waals surface area contributed by atoms with Crippen molar-refractivity contribution >= 4 is 17.4 Å². The second kappa shape index (κ2) is 6.68. The molecule has 6 rings (SSSR count). The number of anilines is 1. The van der Waals surface area contributed by atoms with Crippen LogP contribution in [0.3, 0.4) is 0 Å². The van der Waals surface area contributed by atoms with Crippen LogP contribution in [0.5, 0.6) is 0 Å². The highest BCUT2D eigenvalue weighted by Gasteiger charge is 2.56. The number of hydrazine groups is 1. The largest absolute Gasteiger partial charge is 0.353 e. The molecule has 160 valence electrons. The van der Waals surface area contributed by atoms with Crippen LogP contribution in [0, 0.1) is 17.0 Å². The van der Waals surface area contributed by atoms with Crippen LogP contribution in [0.4, 0.5) is 14.6 Å². The summed E-state index contributed by atoms with van der Waals surface area (Å²) >= 11 is 0. The normalized spacial score (nSPS) is 23.3. The molecule has 0 saturated carbocycles. The molecule has 8 nitrogen and oxygen atoms in total. The minimum atomic E-state index is -0.613. The lowest BCUT2D eigenvalue weighted by Crippen LogP contribution is -2.46. The average Bonchev–Trinajstić information content (AvgIpc) is 3.45. The SMILES string of the molecule is O=C1N2[C@H](c3cc(F)cc(F)c3)CCN2CC12CCN(c1nccn3ncnc13)CC2. The highest BCUT2D eigenvalue weighted by Crippen LogP contribution is 2.47. The molecule has 31 heavy (non-hydrogen) atoms. The quantitative estimate of drug-likeness (QED) is 0.627. The molecule has 5 heterocycles. The summed E-state index contributed by atoms with van der Waals surface area (Å²) in [5.41, 5.74) is 0.749. The number of aromatic nitrogens is 4. The van der Waals surface area contributed by atoms with E-state index in [2.05, 4.69) is 25.0 Å². The molecule has 1 atom stereocenters. The van der Waals surface area contributed by atoms with Crippen molar-refractivity contribution in [2.75, 3.05) is 31.1 Å². The minimum absolute atomic E-state index is 0.0629. The van der Waals surface area contributed by atoms with Crippen LogP contribution < -0.4 is 4.90 Å². The van der Waals surface area contributed by atoms with Gasteiger partial charge in [0.2, 0.25) is 5.91 Å². The van der Waals surface area contributed by atoms with Crippen molar-refractivity contribution in [2.24, 2.45) is 5.41 Å². The number of hydrogen-bond donors (Lipinski definition) is 0. The number of piperidine rings is 1. The van der Waals surface area contributed by atoms with Crippen molar-refractivity contribution in [3.63, 3.8) is 0 Å². The van der Waals surface area contributed by atoms with Gasteiger partial charge in [-0.15, -0.1) is 0 Å². The molecule has 10 heteroatoms. The van der Waals surface area contributed by atoms with Crippen LogP contribution in [0.1, 0.15) is 30.9 Å². The van der Waals surface area contributed by atoms with E-state index in [-0.39, 0.29) is 11.9 Å². The highest BCUT2D eigenvalue weighted by molar-refractivity contribution is 5.86. The maximum Gasteiger partial charge on any atom is 0.245 e. The summed E-state index contributed by atoms with van der Waals surface area (Å²) in [5.74, 6) is -0.390. The molecule has 0 aliphatic carbocycles. The van der Waals surface area contributed by atoms with Crippen LogP contribution in [0.25, 0.3) is 5.65 Å². The monoisotopic (exact) mass is 425 g/mol. The Hall–Kier alpha value is -3.14. The first-order chi connectivity index (χ1) is 15.0. The van der Waals surface area contributed by atoms with E-state index >= 15 is 0 Å². The number of carbonyl (C=O) groups is 1. The van der Waals surface area contributed by atoms with Gasteiger partial charge in [0.15, 0.2) is 11.5 Å². The number of carbonyl (C=O) groups excluding carboxylic acids is 1. The van der Waals surface area contributed by atoms with Crippen molar-refractivity contribution in [3.8, 4) is 0 Å². The van der Waals surface area contributed by atoms with Gasteiger partial charge in [-0.2, -0.15) is 5.10 Å². The number of benzene rings is 1. The molecule has 0 bridgehead atoms. The van der Waals surface area contributed by atoms with Crippen LogP contribution in [0.2, 0.25) is 0 Å². The predicted molar refractivity (Wildman–Crippen MR) is 107 cm³/mol. The van der Waals surface area contributed by atoms with Crippen LogP contribution in [-0.4, -0.2) is 61.7 Å². The average molecular weight is 425 g/mol. The molecule has 0 N–H and O–H groups in total. The second-order valence-corrected chi connectivity index (χ2v) is 8.59. The number of hydrogen-bond acceptors (Lipinski definition) is 6. The molecule has 3 aliphatic rings. The lowest BCUT2D eigenvalue weighted by molar-refractivity contribution is -0.143. The highest BCUT2D eigenvalue weighted by atomic mass is 19.1. The molecule has 1 amide bonds. The number of nitrogens with zero attached hydrogens (tertiary/aromatic N) is 7. The number of amides is 1. The topological polar surface area (TPSA) is 69.9 Å². The van der Waals surface area contributed by atoms with E-state index in [9.17, 15) is 13.6 Å². The Bertz CT molecular complexity index is 1150. The van der Waals surface area contributed by atoms with Crippen molar-refractivity contribution in [2.45, 2.75) is 25.3 Å². The maximum absolute atomic E-state index is 13.8. The summed E-state index contributed by atoms with van der Waals surface area (Å²) in [7, 11) is 0. The van der Waals surface area contributed by atoms with Gasteiger partial charge in [-0.3, -0.25) is 9.80 Å². The summed E-state index contributed by atoms with van der Waals surface area (Å²) in [6.45, 7) is 2.73. The third-order valence-corrected chi connectivity index (χ3v) is 6.88. The van der Waals surface area contributed by atoms with E-state index in [1.807, 2.05) is 0 Å². The van der Waals surface area contributed by atoms with Crippen molar-refractivity contribution in [3.05, 3.63) is 54.1 Å². The van der Waals surface area contributed by atoms with E-state index < -0.39 is 17.0 Å². The summed E-state index contributed by atoms with van der Waals surface area (Å²) in [6.07, 6.45) is 7.03. The minimum Gasteiger partial charge on any atom is -0.353 e. The van der Waals surface area contributed by atoms with E-state index in [1.54, 1.807) is 21.9 Å². The maximum atomic E-state index is 13.8. The van der Waals surface area contributed by atoms with Crippen LogP contribution >= 0.6 is 0 Å². The molecule has 1 aromatic carbocycles. The Morgan fingerprint density at radius 1 is 1.03 bits per heavy atom. The van der Waals surface area contributed by atoms with Gasteiger partial charge in [-0.05, 0) is 37.0 Å². The van der Waals surface area contributed by atoms with Crippen LogP contribution in [-0.2, 0) is 4.79 Å². The van der Waals surface area contributed by atoms with Gasteiger partial charge in [0, 0.05) is 44.6 Å². The second-order valence-electron chi connectivity index (χ2n) is 8.59. The van der Waals surface area contributed by atoms with E-state index in [4.69, 9.17) is 0 Å². The summed E-state index contributed by atoms with van der Waals surface area (Å²) in [5, 5.41) is 7.97. The fourth-order valence-corrected chi connectivity index (χ4v) is 5.34. The summed E-state index contributed by atoms with van der Waals surface area (Å²) in [6, 6.07) is 3.22. The zero-order chi connectivity index (χ0) is 21.2. The molecule has 3 saturated heterocycles. The lowest BCUT2D eigenvalue weighted by atomic mass is 9.77. The van der Waals surface area contributed by atoms with Crippen molar-refractivity contribution < 1.29 is 13.6 Å². The van der Waals surface area contributed by atoms with Crippen LogP contribution in [0.15, 0.2) is 36.9 Å². The molecule has 3 fully saturated rings. The standard InChI is InChI=1S/C21H21F2N7O/c22-15-9-14(10-16(23)11-15)17-1-5-28-12-21(20(31)30(17)28)2-6-27(7-3-21)18-19-25-13-26-29(19)8-4-24-18/h4,8-11,13,17H,1-3,5-7,12H2/t17-/m0/s1. The Balaban J connectivity index is 1.24. The molecular formula is C21H21F2N7O. The Morgan fingerprint density at radius 3 is 2.58 bits per heavy atom. The van der Waals surface area contributed by atoms with Gasteiger partial charge in [-0.1, -0.05) is 0 Å². The predicted octanol–water partition coefficient (Wildman–Crippen LogP) is 2.19. The van der Waals surface area contributed by atoms with Crippen molar-refractivity contribution in [1.82, 2.24) is 29.6 Å². The third kappa shape index (κ3) is 2.81. The Kier molecular flexibility index (Phi) is 4.01. The molecule has 0 radical (unpaired) electrons.